The molecule has 0 atom stereocenters. The fourth-order valence-corrected chi connectivity index (χ4v) is 2.51. The predicted molar refractivity (Wildman–Crippen MR) is 95.6 cm³/mol. The molecular weight excluding hydrogens is 393 g/mol. The Bertz CT molecular complexity index is 1000. The third-order valence-electron chi connectivity index (χ3n) is 3.59. The summed E-state index contributed by atoms with van der Waals surface area (Å²) in [4.78, 5) is 10.3. The fraction of sp³-hybridized carbons (Fsp3) is 0.125. The minimum Gasteiger partial charge on any atom is -1.00 e. The van der Waals surface area contributed by atoms with E-state index in [1.165, 1.54) is 24.4 Å². The van der Waals surface area contributed by atoms with Gasteiger partial charge in [0.2, 0.25) is 0 Å². The largest absolute Gasteiger partial charge is 1.00 e. The van der Waals surface area contributed by atoms with Crippen LogP contribution in [-0.4, -0.2) is 14.7 Å². The van der Waals surface area contributed by atoms with Gasteiger partial charge in [0.15, 0.2) is 12.4 Å². The van der Waals surface area contributed by atoms with Crippen LogP contribution in [0.2, 0.25) is 5.02 Å². The van der Waals surface area contributed by atoms with Crippen LogP contribution in [0.1, 0.15) is 5.56 Å². The van der Waals surface area contributed by atoms with Crippen LogP contribution in [0.5, 0.6) is 0 Å². The van der Waals surface area contributed by atoms with E-state index in [1.807, 2.05) is 36.1 Å². The maximum Gasteiger partial charge on any atom is 0.290 e. The van der Waals surface area contributed by atoms with Crippen LogP contribution in [-0.2, 0) is 13.6 Å². The van der Waals surface area contributed by atoms with Crippen molar-refractivity contribution in [1.82, 2.24) is 9.78 Å². The zero-order chi connectivity index (χ0) is 18.7. The highest BCUT2D eigenvalue weighted by Crippen LogP contribution is 2.30. The van der Waals surface area contributed by atoms with Gasteiger partial charge in [0.1, 0.15) is 23.6 Å². The summed E-state index contributed by atoms with van der Waals surface area (Å²) in [6.07, 6.45) is 5.39. The molecule has 0 saturated heterocycles. The van der Waals surface area contributed by atoms with Crippen LogP contribution in [0.3, 0.4) is 0 Å². The Morgan fingerprint density at radius 3 is 2.85 bits per heavy atom. The molecule has 0 aliphatic rings. The molecule has 0 aliphatic carbocycles. The molecule has 27 heavy (non-hydrogen) atoms. The first-order valence-electron chi connectivity index (χ1n) is 7.55. The summed E-state index contributed by atoms with van der Waals surface area (Å²) in [5.74, 6) is 0.351. The highest BCUT2D eigenvalue weighted by atomic mass is 35.5. The normalized spacial score (nSPS) is 10.7. The van der Waals surface area contributed by atoms with Crippen molar-refractivity contribution >= 4 is 34.5 Å². The summed E-state index contributed by atoms with van der Waals surface area (Å²) in [5, 5.41) is 23.2. The van der Waals surface area contributed by atoms with E-state index in [0.29, 0.717) is 23.7 Å². The molecule has 3 rings (SSSR count). The number of nitrogens with zero attached hydrogens (tertiary/aromatic N) is 6. The second kappa shape index (κ2) is 8.56. The van der Waals surface area contributed by atoms with Gasteiger partial charge in [-0.05, 0) is 18.2 Å². The van der Waals surface area contributed by atoms with Crippen LogP contribution in [0.4, 0.5) is 22.9 Å². The molecule has 0 fully saturated rings. The summed E-state index contributed by atoms with van der Waals surface area (Å²) in [6.45, 7) is 0.489. The zero-order valence-electron chi connectivity index (χ0n) is 14.2. The Labute approximate surface area is 165 Å². The molecule has 1 aromatic carbocycles. The van der Waals surface area contributed by atoms with Gasteiger partial charge in [-0.3, -0.25) is 10.1 Å². The minimum atomic E-state index is -0.576. The molecule has 140 valence electrons. The molecule has 2 aromatic heterocycles. The number of nitrogens with two attached hydrogens (primary N) is 1. The van der Waals surface area contributed by atoms with Gasteiger partial charge in [-0.1, -0.05) is 11.6 Å². The van der Waals surface area contributed by atoms with Crippen molar-refractivity contribution in [3.63, 3.8) is 0 Å². The molecule has 9 nitrogen and oxygen atoms in total. The average molecular weight is 408 g/mol. The smallest absolute Gasteiger partial charge is 0.290 e. The second-order valence-corrected chi connectivity index (χ2v) is 5.95. The highest BCUT2D eigenvalue weighted by Gasteiger charge is 2.13. The number of hydrogen-bond donors (Lipinski definition) is 1. The van der Waals surface area contributed by atoms with Crippen molar-refractivity contribution in [2.75, 3.05) is 5.73 Å². The topological polar surface area (TPSA) is 116 Å². The SMILES string of the molecule is C[n+]1cccc(Cn2ncc(/N=N/c3ccc(Cl)c([N+](=O)[O-])c3)c2N)c1.[Cl-]. The van der Waals surface area contributed by atoms with E-state index < -0.39 is 4.92 Å². The lowest BCUT2D eigenvalue weighted by Gasteiger charge is -2.03. The lowest BCUT2D eigenvalue weighted by atomic mass is 10.3. The number of pyridine rings is 1. The maximum absolute atomic E-state index is 10.9. The average Bonchev–Trinajstić information content (AvgIpc) is 2.94. The fourth-order valence-electron chi connectivity index (χ4n) is 2.32. The van der Waals surface area contributed by atoms with Gasteiger partial charge < -0.3 is 18.1 Å². The molecule has 0 amide bonds. The molecular formula is C16H15Cl2N7O2. The zero-order valence-corrected chi connectivity index (χ0v) is 15.7. The Morgan fingerprint density at radius 1 is 1.37 bits per heavy atom. The first-order chi connectivity index (χ1) is 12.4. The second-order valence-electron chi connectivity index (χ2n) is 5.54. The number of nitro groups is 1. The van der Waals surface area contributed by atoms with Gasteiger partial charge in [0.05, 0.1) is 23.4 Å². The first kappa shape index (κ1) is 20.3. The summed E-state index contributed by atoms with van der Waals surface area (Å²) in [5.41, 5.74) is 7.54. The first-order valence-corrected chi connectivity index (χ1v) is 7.93. The number of hydrogen-bond acceptors (Lipinski definition) is 6. The van der Waals surface area contributed by atoms with E-state index in [1.54, 1.807) is 4.68 Å². The van der Waals surface area contributed by atoms with Crippen LogP contribution >= 0.6 is 11.6 Å². The monoisotopic (exact) mass is 407 g/mol. The van der Waals surface area contributed by atoms with Crippen LogP contribution in [0.15, 0.2) is 59.2 Å². The molecule has 0 unspecified atom stereocenters. The van der Waals surface area contributed by atoms with E-state index in [9.17, 15) is 10.1 Å². The Morgan fingerprint density at radius 2 is 2.15 bits per heavy atom. The van der Waals surface area contributed by atoms with Gasteiger partial charge in [-0.25, -0.2) is 9.25 Å². The lowest BCUT2D eigenvalue weighted by Crippen LogP contribution is -3.00. The molecule has 0 bridgehead atoms. The maximum atomic E-state index is 10.9. The minimum absolute atomic E-state index is 0. The Kier molecular flexibility index (Phi) is 6.43. The number of nitro benzene ring substituents is 1. The Balaban J connectivity index is 0.00000261. The summed E-state index contributed by atoms with van der Waals surface area (Å²) < 4.78 is 3.54. The molecule has 11 heteroatoms. The molecule has 0 radical (unpaired) electrons. The molecule has 0 aliphatic heterocycles. The van der Waals surface area contributed by atoms with Gasteiger partial charge >= 0.3 is 0 Å². The number of anilines is 1. The van der Waals surface area contributed by atoms with Crippen LogP contribution < -0.4 is 22.7 Å². The third kappa shape index (κ3) is 4.78. The van der Waals surface area contributed by atoms with Crippen molar-refractivity contribution in [3.8, 4) is 0 Å². The molecule has 2 N–H and O–H groups in total. The molecule has 3 aromatic rings. The Hall–Kier alpha value is -3.04. The molecule has 0 spiro atoms. The van der Waals surface area contributed by atoms with Crippen molar-refractivity contribution in [1.29, 1.82) is 0 Å². The number of azo groups is 1. The summed E-state index contributed by atoms with van der Waals surface area (Å²) in [7, 11) is 1.93. The summed E-state index contributed by atoms with van der Waals surface area (Å²) in [6, 6.07) is 8.08. The van der Waals surface area contributed by atoms with Gasteiger partial charge in [-0.2, -0.15) is 10.2 Å². The highest BCUT2D eigenvalue weighted by molar-refractivity contribution is 6.32. The number of rotatable bonds is 5. The quantitative estimate of drug-likeness (QED) is 0.283. The van der Waals surface area contributed by atoms with E-state index >= 15 is 0 Å². The number of halogens is 2. The van der Waals surface area contributed by atoms with Crippen molar-refractivity contribution in [3.05, 3.63) is 69.6 Å². The van der Waals surface area contributed by atoms with Crippen molar-refractivity contribution in [2.24, 2.45) is 17.3 Å². The van der Waals surface area contributed by atoms with E-state index in [4.69, 9.17) is 17.3 Å². The molecule has 2 heterocycles. The lowest BCUT2D eigenvalue weighted by molar-refractivity contribution is -0.671. The van der Waals surface area contributed by atoms with Gasteiger partial charge in [0.25, 0.3) is 5.69 Å². The number of nitrogen functional groups attached to an aromatic ring is 1. The van der Waals surface area contributed by atoms with E-state index in [0.717, 1.165) is 5.56 Å². The van der Waals surface area contributed by atoms with Crippen LogP contribution in [0.25, 0.3) is 0 Å². The van der Waals surface area contributed by atoms with E-state index in [2.05, 4.69) is 15.3 Å². The number of benzene rings is 1. The van der Waals surface area contributed by atoms with Crippen LogP contribution in [0, 0.1) is 10.1 Å². The summed E-state index contributed by atoms with van der Waals surface area (Å²) >= 11 is 5.78. The number of aromatic nitrogens is 3. The number of aryl methyl sites for hydroxylation is 1. The van der Waals surface area contributed by atoms with Gasteiger partial charge in [-0.15, -0.1) is 5.11 Å². The third-order valence-corrected chi connectivity index (χ3v) is 3.91. The van der Waals surface area contributed by atoms with E-state index in [-0.39, 0.29) is 23.1 Å². The predicted octanol–water partition coefficient (Wildman–Crippen LogP) is 0.319. The van der Waals surface area contributed by atoms with Crippen molar-refractivity contribution < 1.29 is 21.9 Å². The standard InChI is InChI=1S/C16H15ClN7O2.ClH/c1-22-6-2-3-11(9-22)10-23-16(18)14(8-19-23)21-20-12-4-5-13(17)15(7-12)24(25)26;/h2-9H,10,18H2,1H3;1H/q+1;/p-1/b21-20+;. The van der Waals surface area contributed by atoms with Gasteiger partial charge in [0, 0.05) is 17.7 Å². The molecule has 0 saturated carbocycles. The van der Waals surface area contributed by atoms with Crippen molar-refractivity contribution in [2.45, 2.75) is 6.54 Å².